The first kappa shape index (κ1) is 32.4. The SMILES string of the molecule is N#CC1=CC=CC(C#N)C1=c1c(=C2C=C(C34CCC(C(=O)O)(CC3)CC4)C=CC2)n(S(=O)(=O)c2ccc(C(F)F)cc2)c2ccc(F)cc12. The Kier molecular flexibility index (Phi) is 7.79. The van der Waals surface area contributed by atoms with Crippen molar-refractivity contribution in [3.8, 4) is 12.1 Å². The van der Waals surface area contributed by atoms with Gasteiger partial charge in [-0.05, 0) is 97.9 Å². The highest BCUT2D eigenvalue weighted by Gasteiger charge is 2.53. The number of nitriles is 2. The van der Waals surface area contributed by atoms with Crippen LogP contribution in [0.3, 0.4) is 0 Å². The molecule has 1 unspecified atom stereocenters. The summed E-state index contributed by atoms with van der Waals surface area (Å²) >= 11 is 0. The summed E-state index contributed by atoms with van der Waals surface area (Å²) < 4.78 is 72.4. The van der Waals surface area contributed by atoms with E-state index >= 15 is 4.39 Å². The molecule has 11 heteroatoms. The maximum absolute atomic E-state index is 15.1. The molecule has 0 saturated heterocycles. The maximum Gasteiger partial charge on any atom is 0.309 e. The van der Waals surface area contributed by atoms with Gasteiger partial charge in [0.05, 0.1) is 44.8 Å². The van der Waals surface area contributed by atoms with Gasteiger partial charge in [-0.15, -0.1) is 0 Å². The van der Waals surface area contributed by atoms with E-state index in [2.05, 4.69) is 12.1 Å². The average molecular weight is 682 g/mol. The molecule has 5 aliphatic rings. The molecule has 1 N–H and O–H groups in total. The second-order valence-corrected chi connectivity index (χ2v) is 15.0. The third-order valence-electron chi connectivity index (χ3n) is 10.8. The Morgan fingerprint density at radius 3 is 2.33 bits per heavy atom. The molecule has 2 aromatic carbocycles. The highest BCUT2D eigenvalue weighted by atomic mass is 32.2. The van der Waals surface area contributed by atoms with Crippen molar-refractivity contribution >= 4 is 38.0 Å². The van der Waals surface area contributed by atoms with E-state index < -0.39 is 39.6 Å². The molecule has 1 heterocycles. The van der Waals surface area contributed by atoms with Crippen LogP contribution < -0.4 is 10.6 Å². The largest absolute Gasteiger partial charge is 0.481 e. The van der Waals surface area contributed by atoms with Crippen molar-refractivity contribution in [3.05, 3.63) is 112 Å². The zero-order chi connectivity index (χ0) is 34.7. The highest BCUT2D eigenvalue weighted by molar-refractivity contribution is 7.90. The lowest BCUT2D eigenvalue weighted by atomic mass is 9.51. The Morgan fingerprint density at radius 1 is 1.02 bits per heavy atom. The lowest BCUT2D eigenvalue weighted by Gasteiger charge is -2.52. The van der Waals surface area contributed by atoms with Crippen molar-refractivity contribution in [2.45, 2.75) is 56.3 Å². The number of halogens is 3. The molecule has 3 fully saturated rings. The van der Waals surface area contributed by atoms with Gasteiger partial charge in [0.15, 0.2) is 0 Å². The molecule has 49 heavy (non-hydrogen) atoms. The minimum atomic E-state index is -4.55. The Labute approximate surface area is 280 Å². The monoisotopic (exact) mass is 681 g/mol. The van der Waals surface area contributed by atoms with E-state index in [0.717, 1.165) is 39.9 Å². The van der Waals surface area contributed by atoms with Gasteiger partial charge in [0.1, 0.15) is 5.82 Å². The van der Waals surface area contributed by atoms with Gasteiger partial charge in [-0.25, -0.2) is 25.6 Å². The maximum atomic E-state index is 15.1. The molecule has 0 spiro atoms. The molecular formula is C38H30F3N3O4S. The lowest BCUT2D eigenvalue weighted by Crippen LogP contribution is -2.46. The molecule has 5 aliphatic carbocycles. The number of alkyl halides is 2. The number of aromatic nitrogens is 1. The average Bonchev–Trinajstić information content (AvgIpc) is 3.46. The number of allylic oxidation sites excluding steroid dienone is 8. The van der Waals surface area contributed by atoms with E-state index in [1.807, 2.05) is 18.2 Å². The summed E-state index contributed by atoms with van der Waals surface area (Å²) in [5.41, 5.74) is 0.521. The van der Waals surface area contributed by atoms with Gasteiger partial charge in [-0.1, -0.05) is 42.5 Å². The molecule has 2 bridgehead atoms. The fraction of sp³-hybridized carbons (Fsp3) is 0.289. The third kappa shape index (κ3) is 5.07. The van der Waals surface area contributed by atoms with Gasteiger partial charge in [0.2, 0.25) is 0 Å². The summed E-state index contributed by atoms with van der Waals surface area (Å²) in [6.07, 6.45) is 11.5. The van der Waals surface area contributed by atoms with E-state index in [4.69, 9.17) is 0 Å². The zero-order valence-electron chi connectivity index (χ0n) is 26.2. The van der Waals surface area contributed by atoms with Crippen LogP contribution >= 0.6 is 0 Å². The van der Waals surface area contributed by atoms with Crippen LogP contribution in [0, 0.1) is 45.2 Å². The Balaban J connectivity index is 1.60. The number of hydrogen-bond donors (Lipinski definition) is 1. The van der Waals surface area contributed by atoms with E-state index in [0.29, 0.717) is 44.1 Å². The molecule has 1 aromatic heterocycles. The van der Waals surface area contributed by atoms with Gasteiger partial charge in [-0.3, -0.25) is 4.79 Å². The third-order valence-corrected chi connectivity index (χ3v) is 12.6. The molecule has 0 aliphatic heterocycles. The van der Waals surface area contributed by atoms with Gasteiger partial charge < -0.3 is 5.11 Å². The molecule has 3 aromatic rings. The summed E-state index contributed by atoms with van der Waals surface area (Å²) in [5, 5.41) is 30.9. The molecule has 3 saturated carbocycles. The van der Waals surface area contributed by atoms with E-state index in [-0.39, 0.29) is 54.9 Å². The minimum absolute atomic E-state index is 0.0945. The summed E-state index contributed by atoms with van der Waals surface area (Å²) in [6.45, 7) is 0. The first-order chi connectivity index (χ1) is 23.4. The number of carboxylic acids is 1. The first-order valence-electron chi connectivity index (χ1n) is 16.0. The van der Waals surface area contributed by atoms with Crippen LogP contribution in [-0.2, 0) is 14.8 Å². The molecule has 1 atom stereocenters. The smallest absolute Gasteiger partial charge is 0.309 e. The standard InChI is InChI=1S/C38H30F3N3O4S/c39-28-9-12-31-30(20-28)33(32-25(21-42)4-1-5-26(32)22-43)34(44(31)49(47,48)29-10-7-23(8-11-29)35(40)41)24-3-2-6-27(19-24)37-13-16-38(17-14-37,18-15-37)36(45)46/h1-2,4-12,19-20,25,35H,3,13-18H2,(H,45,46). The lowest BCUT2D eigenvalue weighted by molar-refractivity contribution is -0.157. The van der Waals surface area contributed by atoms with Gasteiger partial charge >= 0.3 is 5.97 Å². The van der Waals surface area contributed by atoms with Crippen LogP contribution in [0.5, 0.6) is 0 Å². The Morgan fingerprint density at radius 2 is 1.71 bits per heavy atom. The fourth-order valence-electron chi connectivity index (χ4n) is 8.09. The normalized spacial score (nSPS) is 27.1. The first-order valence-corrected chi connectivity index (χ1v) is 17.4. The van der Waals surface area contributed by atoms with Crippen molar-refractivity contribution in [1.82, 2.24) is 3.97 Å². The topological polar surface area (TPSA) is 124 Å². The van der Waals surface area contributed by atoms with Crippen LogP contribution in [0.1, 0.15) is 56.9 Å². The van der Waals surface area contributed by atoms with E-state index in [1.54, 1.807) is 12.2 Å². The fourth-order valence-corrected chi connectivity index (χ4v) is 9.65. The number of benzene rings is 2. The number of hydrogen-bond acceptors (Lipinski definition) is 5. The van der Waals surface area contributed by atoms with Crippen molar-refractivity contribution < 1.29 is 31.5 Å². The number of aliphatic carboxylic acids is 1. The number of carbonyl (C=O) groups is 1. The predicted molar refractivity (Wildman–Crippen MR) is 176 cm³/mol. The summed E-state index contributed by atoms with van der Waals surface area (Å²) in [4.78, 5) is 11.9. The van der Waals surface area contributed by atoms with Gasteiger partial charge in [0, 0.05) is 21.7 Å². The number of fused-ring (bicyclic) bond motifs is 4. The Hall–Kier alpha value is -5.13. The van der Waals surface area contributed by atoms with Crippen LogP contribution in [0.4, 0.5) is 13.2 Å². The number of nitrogens with zero attached hydrogens (tertiary/aromatic N) is 3. The highest BCUT2D eigenvalue weighted by Crippen LogP contribution is 2.60. The quantitative estimate of drug-likeness (QED) is 0.319. The molecule has 7 nitrogen and oxygen atoms in total. The molecule has 8 rings (SSSR count). The number of rotatable bonds is 5. The van der Waals surface area contributed by atoms with Crippen LogP contribution in [0.25, 0.3) is 22.0 Å². The molecule has 0 radical (unpaired) electrons. The summed E-state index contributed by atoms with van der Waals surface area (Å²) in [6, 6.07) is 12.3. The van der Waals surface area contributed by atoms with Gasteiger partial charge in [-0.2, -0.15) is 10.5 Å². The van der Waals surface area contributed by atoms with E-state index in [1.165, 1.54) is 18.2 Å². The summed E-state index contributed by atoms with van der Waals surface area (Å²) in [7, 11) is -4.55. The molecular weight excluding hydrogens is 651 g/mol. The predicted octanol–water partition coefficient (Wildman–Crippen LogP) is 6.73. The second kappa shape index (κ2) is 11.8. The van der Waals surface area contributed by atoms with E-state index in [9.17, 15) is 37.6 Å². The van der Waals surface area contributed by atoms with Crippen molar-refractivity contribution in [2.75, 3.05) is 0 Å². The Bertz CT molecular complexity index is 2360. The second-order valence-electron chi connectivity index (χ2n) is 13.2. The summed E-state index contributed by atoms with van der Waals surface area (Å²) in [5.74, 6) is -2.40. The van der Waals surface area contributed by atoms with Crippen molar-refractivity contribution in [2.24, 2.45) is 16.7 Å². The molecule has 0 amide bonds. The zero-order valence-corrected chi connectivity index (χ0v) is 27.0. The minimum Gasteiger partial charge on any atom is -0.481 e. The van der Waals surface area contributed by atoms with Crippen molar-refractivity contribution in [3.63, 3.8) is 0 Å². The van der Waals surface area contributed by atoms with Gasteiger partial charge in [0.25, 0.3) is 16.4 Å². The number of carboxylic acid groups (broad SMARTS) is 1. The van der Waals surface area contributed by atoms with Crippen molar-refractivity contribution in [1.29, 1.82) is 10.5 Å². The molecule has 248 valence electrons. The van der Waals surface area contributed by atoms with Crippen LogP contribution in [0.2, 0.25) is 0 Å². The van der Waals surface area contributed by atoms with Crippen LogP contribution in [-0.4, -0.2) is 23.5 Å². The van der Waals surface area contributed by atoms with Crippen LogP contribution in [0.15, 0.2) is 95.0 Å².